The molecule has 4 N–H and O–H groups in total. The van der Waals surface area contributed by atoms with Crippen LogP contribution in [0.4, 0.5) is 30.7 Å². The maximum absolute atomic E-state index is 12.4. The van der Waals surface area contributed by atoms with Crippen LogP contribution in [0, 0.1) is 0 Å². The Kier molecular flexibility index (Phi) is 3.39. The lowest BCUT2D eigenvalue weighted by Gasteiger charge is -2.31. The molecular weight excluding hydrogens is 221 g/mol. The summed E-state index contributed by atoms with van der Waals surface area (Å²) < 4.78 is 83.6. The Labute approximate surface area is 74.0 Å². The van der Waals surface area contributed by atoms with Gasteiger partial charge in [-0.15, -0.1) is 0 Å². The highest BCUT2D eigenvalue weighted by Gasteiger charge is 2.74. The van der Waals surface area contributed by atoms with Gasteiger partial charge in [-0.25, -0.2) is 0 Å². The Morgan fingerprint density at radius 3 is 1.50 bits per heavy atom. The number of hydrogen-bond acceptors (Lipinski definition) is 2. The average molecular weight is 228 g/mol. The molecule has 0 aromatic rings. The van der Waals surface area contributed by atoms with Gasteiger partial charge in [-0.05, 0) is 0 Å². The van der Waals surface area contributed by atoms with Crippen LogP contribution in [0.15, 0.2) is 0 Å². The Balaban J connectivity index is 5.07. The fraction of sp³-hybridized carbons (Fsp3) is 1.00. The van der Waals surface area contributed by atoms with Crippen molar-refractivity contribution >= 4 is 0 Å². The second kappa shape index (κ2) is 3.54. The van der Waals surface area contributed by atoms with E-state index in [-0.39, 0.29) is 0 Å². The van der Waals surface area contributed by atoms with Crippen molar-refractivity contribution in [3.05, 3.63) is 0 Å². The van der Waals surface area contributed by atoms with E-state index in [0.29, 0.717) is 0 Å². The van der Waals surface area contributed by atoms with Gasteiger partial charge in [0.15, 0.2) is 0 Å². The molecule has 0 heterocycles. The number of nitrogens with two attached hydrogens (primary N) is 2. The maximum atomic E-state index is 12.4. The van der Waals surface area contributed by atoms with Gasteiger partial charge in [0.2, 0.25) is 0 Å². The standard InChI is InChI=1S/C5H7F7N2/c6-3(7,2(14)1-13)4(8,9)5(10,11)12/h2H,1,13-14H2/t2-/m1/s1. The molecule has 14 heavy (non-hydrogen) atoms. The predicted octanol–water partition coefficient (Wildman–Crippen LogP) is 1.11. The lowest BCUT2D eigenvalue weighted by Crippen LogP contribution is -2.62. The summed E-state index contributed by atoms with van der Waals surface area (Å²) in [6, 6.07) is -2.75. The van der Waals surface area contributed by atoms with Crippen molar-refractivity contribution in [2.75, 3.05) is 6.54 Å². The highest BCUT2D eigenvalue weighted by Crippen LogP contribution is 2.47. The normalized spacial score (nSPS) is 16.9. The zero-order valence-electron chi connectivity index (χ0n) is 6.58. The summed E-state index contributed by atoms with van der Waals surface area (Å²) >= 11 is 0. The molecule has 0 saturated carbocycles. The largest absolute Gasteiger partial charge is 0.459 e. The first-order valence-electron chi connectivity index (χ1n) is 3.26. The first kappa shape index (κ1) is 13.4. The summed E-state index contributed by atoms with van der Waals surface area (Å²) in [5, 5.41) is 0. The smallest absolute Gasteiger partial charge is 0.329 e. The number of halogens is 7. The van der Waals surface area contributed by atoms with Gasteiger partial charge in [-0.1, -0.05) is 0 Å². The van der Waals surface area contributed by atoms with Gasteiger partial charge >= 0.3 is 18.0 Å². The molecule has 0 aliphatic carbocycles. The molecule has 0 saturated heterocycles. The molecule has 0 unspecified atom stereocenters. The van der Waals surface area contributed by atoms with Gasteiger partial charge in [0, 0.05) is 6.54 Å². The van der Waals surface area contributed by atoms with E-state index in [2.05, 4.69) is 11.5 Å². The van der Waals surface area contributed by atoms with E-state index in [1.54, 1.807) is 0 Å². The second-order valence-corrected chi connectivity index (χ2v) is 2.54. The van der Waals surface area contributed by atoms with Crippen molar-refractivity contribution < 1.29 is 30.7 Å². The summed E-state index contributed by atoms with van der Waals surface area (Å²) in [6.45, 7) is -1.18. The summed E-state index contributed by atoms with van der Waals surface area (Å²) in [5.74, 6) is -11.6. The van der Waals surface area contributed by atoms with Gasteiger partial charge in [0.05, 0.1) is 6.04 Å². The van der Waals surface area contributed by atoms with Gasteiger partial charge in [-0.3, -0.25) is 0 Å². The van der Waals surface area contributed by atoms with E-state index in [1.807, 2.05) is 0 Å². The quantitative estimate of drug-likeness (QED) is 0.711. The van der Waals surface area contributed by atoms with Crippen LogP contribution in [0.25, 0.3) is 0 Å². The Hall–Kier alpha value is -0.570. The van der Waals surface area contributed by atoms with Crippen LogP contribution in [-0.2, 0) is 0 Å². The minimum atomic E-state index is -6.36. The monoisotopic (exact) mass is 228 g/mol. The molecule has 0 radical (unpaired) electrons. The van der Waals surface area contributed by atoms with E-state index >= 15 is 0 Å². The molecule has 0 aromatic heterocycles. The number of hydrogen-bond donors (Lipinski definition) is 2. The molecule has 0 bridgehead atoms. The van der Waals surface area contributed by atoms with Crippen LogP contribution in [0.3, 0.4) is 0 Å². The predicted molar refractivity (Wildman–Crippen MR) is 33.0 cm³/mol. The van der Waals surface area contributed by atoms with Gasteiger partial charge in [0.25, 0.3) is 0 Å². The third kappa shape index (κ3) is 1.92. The summed E-state index contributed by atoms with van der Waals surface area (Å²) in [6.07, 6.45) is -6.36. The SMILES string of the molecule is NC[C@@H](N)C(F)(F)C(F)(F)C(F)(F)F. The molecule has 0 aromatic carbocycles. The maximum Gasteiger partial charge on any atom is 0.459 e. The van der Waals surface area contributed by atoms with Crippen LogP contribution >= 0.6 is 0 Å². The van der Waals surface area contributed by atoms with E-state index < -0.39 is 30.6 Å². The van der Waals surface area contributed by atoms with Gasteiger partial charge in [0.1, 0.15) is 0 Å². The highest BCUT2D eigenvalue weighted by molar-refractivity contribution is 4.97. The van der Waals surface area contributed by atoms with Crippen molar-refractivity contribution in [1.82, 2.24) is 0 Å². The Bertz CT molecular complexity index is 199. The summed E-state index contributed by atoms with van der Waals surface area (Å²) in [5.41, 5.74) is 8.87. The molecule has 86 valence electrons. The lowest BCUT2D eigenvalue weighted by molar-refractivity contribution is -0.357. The Morgan fingerprint density at radius 2 is 1.29 bits per heavy atom. The van der Waals surface area contributed by atoms with Crippen molar-refractivity contribution in [2.24, 2.45) is 11.5 Å². The third-order valence-corrected chi connectivity index (χ3v) is 1.49. The minimum absolute atomic E-state index is 1.18. The van der Waals surface area contributed by atoms with Crippen molar-refractivity contribution in [2.45, 2.75) is 24.1 Å². The molecular formula is C5H7F7N2. The Morgan fingerprint density at radius 1 is 0.929 bits per heavy atom. The lowest BCUT2D eigenvalue weighted by atomic mass is 10.0. The van der Waals surface area contributed by atoms with E-state index in [9.17, 15) is 30.7 Å². The van der Waals surface area contributed by atoms with Crippen LogP contribution < -0.4 is 11.5 Å². The number of alkyl halides is 7. The molecule has 0 fully saturated rings. The van der Waals surface area contributed by atoms with E-state index in [0.717, 1.165) is 0 Å². The first-order valence-corrected chi connectivity index (χ1v) is 3.26. The second-order valence-electron chi connectivity index (χ2n) is 2.54. The fourth-order valence-electron chi connectivity index (χ4n) is 0.570. The summed E-state index contributed by atoms with van der Waals surface area (Å²) in [7, 11) is 0. The molecule has 9 heteroatoms. The minimum Gasteiger partial charge on any atom is -0.329 e. The zero-order chi connectivity index (χ0) is 11.8. The molecule has 2 nitrogen and oxygen atoms in total. The molecule has 0 aliphatic rings. The highest BCUT2D eigenvalue weighted by atomic mass is 19.4. The van der Waals surface area contributed by atoms with Gasteiger partial charge < -0.3 is 11.5 Å². The summed E-state index contributed by atoms with van der Waals surface area (Å²) in [4.78, 5) is 0. The van der Waals surface area contributed by atoms with E-state index in [4.69, 9.17) is 0 Å². The molecule has 0 amide bonds. The zero-order valence-corrected chi connectivity index (χ0v) is 6.58. The molecule has 0 spiro atoms. The topological polar surface area (TPSA) is 52.0 Å². The number of rotatable bonds is 3. The van der Waals surface area contributed by atoms with Crippen LogP contribution in [0.1, 0.15) is 0 Å². The van der Waals surface area contributed by atoms with Crippen LogP contribution in [0.5, 0.6) is 0 Å². The van der Waals surface area contributed by atoms with Crippen molar-refractivity contribution in [3.63, 3.8) is 0 Å². The van der Waals surface area contributed by atoms with Crippen molar-refractivity contribution in [3.8, 4) is 0 Å². The average Bonchev–Trinajstić information content (AvgIpc) is 2.00. The van der Waals surface area contributed by atoms with Crippen LogP contribution in [-0.4, -0.2) is 30.6 Å². The fourth-order valence-corrected chi connectivity index (χ4v) is 0.570. The molecule has 0 aliphatic heterocycles. The molecule has 0 rings (SSSR count). The van der Waals surface area contributed by atoms with Crippen molar-refractivity contribution in [1.29, 1.82) is 0 Å². The first-order chi connectivity index (χ1) is 5.98. The van der Waals surface area contributed by atoms with E-state index in [1.165, 1.54) is 0 Å². The van der Waals surface area contributed by atoms with Gasteiger partial charge in [-0.2, -0.15) is 30.7 Å². The third-order valence-electron chi connectivity index (χ3n) is 1.49. The molecule has 1 atom stereocenters. The van der Waals surface area contributed by atoms with Crippen LogP contribution in [0.2, 0.25) is 0 Å².